The van der Waals surface area contributed by atoms with Crippen LogP contribution in [-0.4, -0.2) is 21.8 Å². The molecule has 0 fully saturated rings. The highest BCUT2D eigenvalue weighted by Gasteiger charge is 2.21. The van der Waals surface area contributed by atoms with Crippen molar-refractivity contribution in [2.75, 3.05) is 12.4 Å². The number of benzene rings is 2. The lowest BCUT2D eigenvalue weighted by Crippen LogP contribution is -2.00. The summed E-state index contributed by atoms with van der Waals surface area (Å²) in [5, 5.41) is 11.2. The van der Waals surface area contributed by atoms with Gasteiger partial charge in [-0.25, -0.2) is 9.67 Å². The van der Waals surface area contributed by atoms with Crippen LogP contribution in [0.4, 0.5) is 5.69 Å². The van der Waals surface area contributed by atoms with E-state index in [1.807, 2.05) is 60.4 Å². The van der Waals surface area contributed by atoms with Gasteiger partial charge in [0.25, 0.3) is 0 Å². The molecule has 0 atom stereocenters. The minimum atomic E-state index is 0.870. The quantitative estimate of drug-likeness (QED) is 0.564. The van der Waals surface area contributed by atoms with E-state index >= 15 is 0 Å². The van der Waals surface area contributed by atoms with Crippen molar-refractivity contribution >= 4 is 17.0 Å². The van der Waals surface area contributed by atoms with E-state index in [0.29, 0.717) is 0 Å². The van der Waals surface area contributed by atoms with E-state index in [1.165, 1.54) is 0 Å². The zero-order valence-electron chi connectivity index (χ0n) is 14.1. The van der Waals surface area contributed by atoms with Gasteiger partial charge in [-0.15, -0.1) is 11.3 Å². The first-order valence-electron chi connectivity index (χ1n) is 8.12. The van der Waals surface area contributed by atoms with Crippen molar-refractivity contribution in [3.05, 3.63) is 71.7 Å². The monoisotopic (exact) mass is 346 g/mol. The zero-order chi connectivity index (χ0) is 17.2. The molecule has 2 heterocycles. The second-order valence-electron chi connectivity index (χ2n) is 5.74. The molecule has 0 spiro atoms. The molecule has 0 amide bonds. The predicted octanol–water partition coefficient (Wildman–Crippen LogP) is 5.01. The molecule has 0 aliphatic rings. The fourth-order valence-corrected chi connectivity index (χ4v) is 3.65. The first kappa shape index (κ1) is 15.6. The largest absolute Gasteiger partial charge is 0.385 e. The lowest BCUT2D eigenvalue weighted by atomic mass is 10.1. The molecule has 4 nitrogen and oxygen atoms in total. The average molecular weight is 346 g/mol. The maximum absolute atomic E-state index is 4.91. The minimum absolute atomic E-state index is 0.870. The van der Waals surface area contributed by atoms with E-state index in [-0.39, 0.29) is 0 Å². The molecule has 0 radical (unpaired) electrons. The molecule has 0 saturated carbocycles. The van der Waals surface area contributed by atoms with Gasteiger partial charge in [0.1, 0.15) is 11.4 Å². The van der Waals surface area contributed by atoms with Gasteiger partial charge in [0.2, 0.25) is 5.13 Å². The van der Waals surface area contributed by atoms with E-state index in [0.717, 1.165) is 39.0 Å². The van der Waals surface area contributed by atoms with Crippen LogP contribution in [0.1, 0.15) is 5.69 Å². The summed E-state index contributed by atoms with van der Waals surface area (Å²) in [6, 6.07) is 20.5. The van der Waals surface area contributed by atoms with E-state index in [2.05, 4.69) is 34.6 Å². The Kier molecular flexibility index (Phi) is 4.07. The van der Waals surface area contributed by atoms with Gasteiger partial charge in [0.05, 0.1) is 11.4 Å². The van der Waals surface area contributed by atoms with Crippen LogP contribution in [0.5, 0.6) is 0 Å². The van der Waals surface area contributed by atoms with Crippen LogP contribution >= 0.6 is 11.3 Å². The summed E-state index contributed by atoms with van der Waals surface area (Å²) < 4.78 is 1.95. The Labute approximate surface area is 150 Å². The molecule has 2 aromatic heterocycles. The molecular weight excluding hydrogens is 328 g/mol. The van der Waals surface area contributed by atoms with Gasteiger partial charge in [0, 0.05) is 23.6 Å². The van der Waals surface area contributed by atoms with Crippen molar-refractivity contribution in [3.8, 4) is 27.6 Å². The van der Waals surface area contributed by atoms with Crippen molar-refractivity contribution in [1.29, 1.82) is 0 Å². The molecule has 0 bridgehead atoms. The van der Waals surface area contributed by atoms with E-state index in [1.54, 1.807) is 11.3 Å². The maximum Gasteiger partial charge on any atom is 0.211 e. The van der Waals surface area contributed by atoms with Gasteiger partial charge >= 0.3 is 0 Å². The third-order valence-corrected chi connectivity index (χ3v) is 4.95. The van der Waals surface area contributed by atoms with Crippen LogP contribution in [0.2, 0.25) is 0 Å². The second-order valence-corrected chi connectivity index (χ2v) is 6.57. The van der Waals surface area contributed by atoms with Crippen LogP contribution in [0.15, 0.2) is 66.0 Å². The fraction of sp³-hybridized carbons (Fsp3) is 0.100. The molecule has 2 aromatic carbocycles. The zero-order valence-corrected chi connectivity index (χ0v) is 14.9. The second kappa shape index (κ2) is 6.53. The molecule has 0 saturated heterocycles. The van der Waals surface area contributed by atoms with E-state index in [9.17, 15) is 0 Å². The van der Waals surface area contributed by atoms with E-state index in [4.69, 9.17) is 5.10 Å². The first-order chi connectivity index (χ1) is 12.3. The first-order valence-corrected chi connectivity index (χ1v) is 9.00. The number of hydrogen-bond acceptors (Lipinski definition) is 4. The Morgan fingerprint density at radius 1 is 0.920 bits per heavy atom. The van der Waals surface area contributed by atoms with E-state index < -0.39 is 0 Å². The SMILES string of the molecule is CNc1c(-c2ccccc2)nn(-c2nc(C)cs2)c1-c1ccccc1. The molecule has 5 heteroatoms. The Bertz CT molecular complexity index is 987. The van der Waals surface area contributed by atoms with Gasteiger partial charge in [-0.05, 0) is 6.92 Å². The van der Waals surface area contributed by atoms with Gasteiger partial charge in [0.15, 0.2) is 0 Å². The number of aromatic nitrogens is 3. The summed E-state index contributed by atoms with van der Waals surface area (Å²) in [6.07, 6.45) is 0. The lowest BCUT2D eigenvalue weighted by Gasteiger charge is -2.08. The average Bonchev–Trinajstić information content (AvgIpc) is 3.26. The highest BCUT2D eigenvalue weighted by molar-refractivity contribution is 7.12. The molecule has 25 heavy (non-hydrogen) atoms. The van der Waals surface area contributed by atoms with Crippen molar-refractivity contribution in [2.24, 2.45) is 0 Å². The molecule has 4 rings (SSSR count). The summed E-state index contributed by atoms with van der Waals surface area (Å²) in [4.78, 5) is 4.64. The van der Waals surface area contributed by atoms with Crippen molar-refractivity contribution < 1.29 is 0 Å². The third kappa shape index (κ3) is 2.83. The molecule has 1 N–H and O–H groups in total. The molecule has 0 aliphatic heterocycles. The Hall–Kier alpha value is -2.92. The number of nitrogens with zero attached hydrogens (tertiary/aromatic N) is 3. The summed E-state index contributed by atoms with van der Waals surface area (Å²) in [7, 11) is 1.94. The summed E-state index contributed by atoms with van der Waals surface area (Å²) in [5.41, 5.74) is 6.14. The van der Waals surface area contributed by atoms with Crippen LogP contribution in [0, 0.1) is 6.92 Å². The number of thiazole rings is 1. The normalized spacial score (nSPS) is 10.8. The Balaban J connectivity index is 2.01. The van der Waals surface area contributed by atoms with Crippen molar-refractivity contribution in [1.82, 2.24) is 14.8 Å². The maximum atomic E-state index is 4.91. The number of rotatable bonds is 4. The summed E-state index contributed by atoms with van der Waals surface area (Å²) in [5.74, 6) is 0. The fourth-order valence-electron chi connectivity index (χ4n) is 2.89. The Morgan fingerprint density at radius 3 is 2.12 bits per heavy atom. The van der Waals surface area contributed by atoms with Crippen LogP contribution in [-0.2, 0) is 0 Å². The number of nitrogens with one attached hydrogen (secondary N) is 1. The lowest BCUT2D eigenvalue weighted by molar-refractivity contribution is 0.876. The predicted molar refractivity (Wildman–Crippen MR) is 104 cm³/mol. The number of aryl methyl sites for hydroxylation is 1. The molecule has 4 aromatic rings. The topological polar surface area (TPSA) is 42.7 Å². The minimum Gasteiger partial charge on any atom is -0.385 e. The third-order valence-electron chi connectivity index (χ3n) is 4.02. The smallest absolute Gasteiger partial charge is 0.211 e. The number of anilines is 1. The molecule has 0 unspecified atom stereocenters. The Morgan fingerprint density at radius 2 is 1.56 bits per heavy atom. The standard InChI is InChI=1S/C20H18N4S/c1-14-13-25-20(22-14)24-19(16-11-7-4-8-12-16)18(21-2)17(23-24)15-9-5-3-6-10-15/h3-13,21H,1-2H3. The number of hydrogen-bond donors (Lipinski definition) is 1. The van der Waals surface area contributed by atoms with Crippen LogP contribution in [0.3, 0.4) is 0 Å². The molecule has 0 aliphatic carbocycles. The van der Waals surface area contributed by atoms with Crippen molar-refractivity contribution in [2.45, 2.75) is 6.92 Å². The van der Waals surface area contributed by atoms with Gasteiger partial charge in [-0.3, -0.25) is 0 Å². The summed E-state index contributed by atoms with van der Waals surface area (Å²) in [6.45, 7) is 2.00. The van der Waals surface area contributed by atoms with Gasteiger partial charge in [-0.2, -0.15) is 5.10 Å². The summed E-state index contributed by atoms with van der Waals surface area (Å²) >= 11 is 1.60. The van der Waals surface area contributed by atoms with Crippen LogP contribution in [0.25, 0.3) is 27.6 Å². The highest BCUT2D eigenvalue weighted by Crippen LogP contribution is 2.38. The van der Waals surface area contributed by atoms with Gasteiger partial charge in [-0.1, -0.05) is 60.7 Å². The highest BCUT2D eigenvalue weighted by atomic mass is 32.1. The van der Waals surface area contributed by atoms with Crippen molar-refractivity contribution in [3.63, 3.8) is 0 Å². The molecular formula is C20H18N4S. The van der Waals surface area contributed by atoms with Gasteiger partial charge < -0.3 is 5.32 Å². The molecule has 124 valence electrons. The van der Waals surface area contributed by atoms with Crippen LogP contribution < -0.4 is 5.32 Å².